The Kier molecular flexibility index (Phi) is 10.7. The molecule has 7 nitrogen and oxygen atoms in total. The van der Waals surface area contributed by atoms with Crippen LogP contribution < -0.4 is 10.2 Å². The fourth-order valence-corrected chi connectivity index (χ4v) is 5.30. The highest BCUT2D eigenvalue weighted by Gasteiger charge is 2.43. The van der Waals surface area contributed by atoms with Gasteiger partial charge in [-0.2, -0.15) is 0 Å². The molecule has 0 aliphatic carbocycles. The number of aryl methyl sites for hydroxylation is 1. The maximum Gasteiger partial charge on any atom is 0.352 e. The highest BCUT2D eigenvalue weighted by molar-refractivity contribution is 6.16. The number of esters is 2. The molecule has 1 N–H and O–H groups in total. The Bertz CT molecular complexity index is 1250. The number of ether oxygens (including phenoxy) is 2. The number of anilines is 2. The Balaban J connectivity index is 2.16. The summed E-state index contributed by atoms with van der Waals surface area (Å²) in [6, 6.07) is 14.8. The summed E-state index contributed by atoms with van der Waals surface area (Å²) in [6.45, 7) is 16.7. The monoisotopic (exact) mass is 577 g/mol. The van der Waals surface area contributed by atoms with Crippen molar-refractivity contribution in [3.8, 4) is 0 Å². The lowest BCUT2D eigenvalue weighted by Crippen LogP contribution is -2.46. The average molecular weight is 578 g/mol. The molecule has 1 aliphatic heterocycles. The van der Waals surface area contributed by atoms with E-state index in [0.717, 1.165) is 54.6 Å². The van der Waals surface area contributed by atoms with Crippen LogP contribution in [-0.4, -0.2) is 42.8 Å². The second-order valence-electron chi connectivity index (χ2n) is 13.3. The number of hydrogen-bond donors (Lipinski definition) is 1. The summed E-state index contributed by atoms with van der Waals surface area (Å²) in [7, 11) is 4.00. The van der Waals surface area contributed by atoms with Crippen molar-refractivity contribution in [1.29, 1.82) is 0 Å². The Hall–Kier alpha value is -3.48. The van der Waals surface area contributed by atoms with E-state index in [2.05, 4.69) is 75.2 Å². The summed E-state index contributed by atoms with van der Waals surface area (Å²) in [5.41, 5.74) is 5.33. The number of benzene rings is 2. The van der Waals surface area contributed by atoms with Gasteiger partial charge in [0, 0.05) is 51.9 Å². The topological polar surface area (TPSA) is 71.1 Å². The standard InChI is InChI=1S/C35H51N3O4/c1-11-13-14-27(12-2)38(23-26-17-15-25(16-18-26)22-34(4,5)6)31(30-32(39)41-35(7,8)42-33(30)40)36-29-20-19-28(37(9)10)21-24(29)3/h15-21,27,36H,11-14,22-23H2,1-10H3. The van der Waals surface area contributed by atoms with Crippen LogP contribution in [0, 0.1) is 12.3 Å². The third kappa shape index (κ3) is 8.76. The van der Waals surface area contributed by atoms with Crippen LogP contribution in [0.2, 0.25) is 0 Å². The van der Waals surface area contributed by atoms with Crippen LogP contribution in [0.3, 0.4) is 0 Å². The van der Waals surface area contributed by atoms with Gasteiger partial charge in [-0.25, -0.2) is 9.59 Å². The van der Waals surface area contributed by atoms with Gasteiger partial charge in [0.15, 0.2) is 5.57 Å². The molecule has 1 fully saturated rings. The summed E-state index contributed by atoms with van der Waals surface area (Å²) in [5, 5.41) is 3.51. The van der Waals surface area contributed by atoms with Crippen LogP contribution in [0.15, 0.2) is 53.9 Å². The van der Waals surface area contributed by atoms with E-state index < -0.39 is 17.7 Å². The first-order valence-electron chi connectivity index (χ1n) is 15.2. The van der Waals surface area contributed by atoms with Gasteiger partial charge in [-0.05, 0) is 66.5 Å². The Morgan fingerprint density at radius 3 is 2.05 bits per heavy atom. The molecule has 7 heteroatoms. The number of hydrogen-bond acceptors (Lipinski definition) is 7. The minimum atomic E-state index is -1.33. The van der Waals surface area contributed by atoms with Crippen molar-refractivity contribution in [2.24, 2.45) is 5.41 Å². The molecule has 0 spiro atoms. The van der Waals surface area contributed by atoms with Gasteiger partial charge in [-0.1, -0.05) is 71.7 Å². The minimum absolute atomic E-state index is 0.0751. The fourth-order valence-electron chi connectivity index (χ4n) is 5.30. The highest BCUT2D eigenvalue weighted by atomic mass is 16.7. The first-order valence-corrected chi connectivity index (χ1v) is 15.2. The molecule has 3 rings (SSSR count). The molecular weight excluding hydrogens is 526 g/mol. The SMILES string of the molecule is CCCCC(CC)N(Cc1ccc(CC(C)(C)C)cc1)C(Nc1ccc(N(C)C)cc1C)=C1C(=O)OC(C)(C)OC1=O. The van der Waals surface area contributed by atoms with E-state index in [4.69, 9.17) is 9.47 Å². The van der Waals surface area contributed by atoms with E-state index in [-0.39, 0.29) is 17.0 Å². The van der Waals surface area contributed by atoms with Gasteiger partial charge >= 0.3 is 11.9 Å². The van der Waals surface area contributed by atoms with Gasteiger partial charge in [0.2, 0.25) is 0 Å². The summed E-state index contributed by atoms with van der Waals surface area (Å²) in [4.78, 5) is 31.2. The van der Waals surface area contributed by atoms with Crippen molar-refractivity contribution in [1.82, 2.24) is 4.90 Å². The summed E-state index contributed by atoms with van der Waals surface area (Å²) >= 11 is 0. The molecule has 2 aromatic rings. The molecule has 1 heterocycles. The third-order valence-corrected chi connectivity index (χ3v) is 7.50. The molecule has 1 unspecified atom stereocenters. The summed E-state index contributed by atoms with van der Waals surface area (Å²) < 4.78 is 11.2. The second kappa shape index (κ2) is 13.7. The molecule has 2 aromatic carbocycles. The molecule has 0 saturated carbocycles. The number of carbonyl (C=O) groups is 2. The van der Waals surface area contributed by atoms with E-state index >= 15 is 0 Å². The molecule has 0 radical (unpaired) electrons. The zero-order valence-corrected chi connectivity index (χ0v) is 27.4. The lowest BCUT2D eigenvalue weighted by molar-refractivity contribution is -0.222. The van der Waals surface area contributed by atoms with Gasteiger partial charge in [0.25, 0.3) is 5.79 Å². The van der Waals surface area contributed by atoms with Crippen molar-refractivity contribution in [2.45, 2.75) is 106 Å². The summed E-state index contributed by atoms with van der Waals surface area (Å²) in [6.07, 6.45) is 4.82. The molecule has 0 amide bonds. The zero-order valence-electron chi connectivity index (χ0n) is 27.4. The van der Waals surface area contributed by atoms with Crippen molar-refractivity contribution < 1.29 is 19.1 Å². The number of cyclic esters (lactones) is 2. The van der Waals surface area contributed by atoms with Gasteiger partial charge in [0.05, 0.1) is 0 Å². The molecule has 0 bridgehead atoms. The molecule has 230 valence electrons. The highest BCUT2D eigenvalue weighted by Crippen LogP contribution is 2.32. The smallest absolute Gasteiger partial charge is 0.352 e. The van der Waals surface area contributed by atoms with Crippen LogP contribution in [0.1, 0.15) is 90.8 Å². The first kappa shape index (κ1) is 33.0. The van der Waals surface area contributed by atoms with Gasteiger partial charge < -0.3 is 24.6 Å². The zero-order chi connectivity index (χ0) is 31.2. The largest absolute Gasteiger partial charge is 0.419 e. The number of unbranched alkanes of at least 4 members (excludes halogenated alkanes) is 1. The molecular formula is C35H51N3O4. The van der Waals surface area contributed by atoms with Crippen LogP contribution in [0.25, 0.3) is 0 Å². The Morgan fingerprint density at radius 1 is 0.952 bits per heavy atom. The normalized spacial score (nSPS) is 15.5. The fraction of sp³-hybridized carbons (Fsp3) is 0.543. The first-order chi connectivity index (χ1) is 19.6. The Morgan fingerprint density at radius 2 is 1.55 bits per heavy atom. The van der Waals surface area contributed by atoms with E-state index in [1.165, 1.54) is 5.56 Å². The van der Waals surface area contributed by atoms with Crippen LogP contribution in [0.5, 0.6) is 0 Å². The van der Waals surface area contributed by atoms with Crippen molar-refractivity contribution in [2.75, 3.05) is 24.3 Å². The van der Waals surface area contributed by atoms with Crippen molar-refractivity contribution in [3.05, 3.63) is 70.5 Å². The van der Waals surface area contributed by atoms with Gasteiger partial charge in [-0.3, -0.25) is 0 Å². The van der Waals surface area contributed by atoms with E-state index in [1.807, 2.05) is 38.1 Å². The maximum absolute atomic E-state index is 13.5. The Labute approximate surface area is 253 Å². The van der Waals surface area contributed by atoms with E-state index in [9.17, 15) is 9.59 Å². The van der Waals surface area contributed by atoms with Crippen molar-refractivity contribution in [3.63, 3.8) is 0 Å². The number of nitrogens with zero attached hydrogens (tertiary/aromatic N) is 2. The molecule has 0 aromatic heterocycles. The summed E-state index contributed by atoms with van der Waals surface area (Å²) in [5.74, 6) is -2.27. The second-order valence-corrected chi connectivity index (χ2v) is 13.3. The third-order valence-electron chi connectivity index (χ3n) is 7.50. The maximum atomic E-state index is 13.5. The average Bonchev–Trinajstić information content (AvgIpc) is 2.87. The van der Waals surface area contributed by atoms with Gasteiger partial charge in [-0.15, -0.1) is 0 Å². The lowest BCUT2D eigenvalue weighted by atomic mass is 9.88. The molecule has 1 atom stereocenters. The molecule has 1 aliphatic rings. The van der Waals surface area contributed by atoms with Crippen LogP contribution >= 0.6 is 0 Å². The van der Waals surface area contributed by atoms with Crippen LogP contribution in [0.4, 0.5) is 11.4 Å². The molecule has 1 saturated heterocycles. The van der Waals surface area contributed by atoms with E-state index in [0.29, 0.717) is 12.4 Å². The van der Waals surface area contributed by atoms with Crippen molar-refractivity contribution >= 4 is 23.3 Å². The number of nitrogens with one attached hydrogen (secondary N) is 1. The van der Waals surface area contributed by atoms with E-state index in [1.54, 1.807) is 13.8 Å². The van der Waals surface area contributed by atoms with Crippen LogP contribution in [-0.2, 0) is 32.0 Å². The number of rotatable bonds is 12. The lowest BCUT2D eigenvalue weighted by Gasteiger charge is -2.38. The van der Waals surface area contributed by atoms with Gasteiger partial charge in [0.1, 0.15) is 5.82 Å². The predicted molar refractivity (Wildman–Crippen MR) is 171 cm³/mol. The molecule has 42 heavy (non-hydrogen) atoms. The predicted octanol–water partition coefficient (Wildman–Crippen LogP) is 7.58. The number of carbonyl (C=O) groups excluding carboxylic acids is 2. The quantitative estimate of drug-likeness (QED) is 0.158. The minimum Gasteiger partial charge on any atom is -0.419 e.